The molecular formula is C9H6Cl2FN3O2. The Labute approximate surface area is 105 Å². The first-order valence-corrected chi connectivity index (χ1v) is 4.59. The van der Waals surface area contributed by atoms with E-state index < -0.39 is 17.1 Å². The Morgan fingerprint density at radius 1 is 1.29 bits per heavy atom. The van der Waals surface area contributed by atoms with Gasteiger partial charge in [0.1, 0.15) is 11.0 Å². The molecule has 0 aliphatic carbocycles. The van der Waals surface area contributed by atoms with Crippen LogP contribution in [0.1, 0.15) is 0 Å². The lowest BCUT2D eigenvalue weighted by Gasteiger charge is -2.01. The lowest BCUT2D eigenvalue weighted by Crippen LogP contribution is -2.22. The molecule has 0 aromatic carbocycles. The summed E-state index contributed by atoms with van der Waals surface area (Å²) in [5.74, 6) is -0.620. The molecule has 0 aliphatic heterocycles. The summed E-state index contributed by atoms with van der Waals surface area (Å²) in [6, 6.07) is 1.07. The third-order valence-electron chi connectivity index (χ3n) is 1.92. The maximum absolute atomic E-state index is 12.9. The van der Waals surface area contributed by atoms with Crippen LogP contribution in [0.5, 0.6) is 0 Å². The fourth-order valence-electron chi connectivity index (χ4n) is 1.22. The van der Waals surface area contributed by atoms with Crippen molar-refractivity contribution < 1.29 is 4.39 Å². The zero-order chi connectivity index (χ0) is 11.7. The normalized spacial score (nSPS) is 9.76. The van der Waals surface area contributed by atoms with Gasteiger partial charge in [0.2, 0.25) is 0 Å². The molecule has 2 N–H and O–H groups in total. The lowest BCUT2D eigenvalue weighted by molar-refractivity contribution is 0.622. The Bertz CT molecular complexity index is 653. The number of aromatic amines is 2. The smallest absolute Gasteiger partial charge is 0.313 e. The Morgan fingerprint density at radius 3 is 2.65 bits per heavy atom. The maximum Gasteiger partial charge on any atom is 0.325 e. The third-order valence-corrected chi connectivity index (χ3v) is 2.22. The van der Waals surface area contributed by atoms with Crippen LogP contribution >= 0.6 is 24.0 Å². The summed E-state index contributed by atoms with van der Waals surface area (Å²) >= 11 is 5.72. The minimum Gasteiger partial charge on any atom is -0.313 e. The molecule has 0 spiro atoms. The van der Waals surface area contributed by atoms with Gasteiger partial charge in [0.25, 0.3) is 5.56 Å². The molecule has 0 amide bonds. The van der Waals surface area contributed by atoms with E-state index in [9.17, 15) is 14.0 Å². The van der Waals surface area contributed by atoms with Crippen LogP contribution in [-0.2, 0) is 0 Å². The average Bonchev–Trinajstić information content (AvgIpc) is 2.22. The number of hydrogen-bond donors (Lipinski definition) is 2. The van der Waals surface area contributed by atoms with Gasteiger partial charge in [0, 0.05) is 11.8 Å². The van der Waals surface area contributed by atoms with Gasteiger partial charge in [-0.05, 0) is 6.07 Å². The van der Waals surface area contributed by atoms with E-state index in [0.717, 1.165) is 18.5 Å². The summed E-state index contributed by atoms with van der Waals surface area (Å²) in [7, 11) is 0. The molecule has 90 valence electrons. The Balaban J connectivity index is 0.00000144. The Kier molecular flexibility index (Phi) is 4.03. The molecule has 5 nitrogen and oxygen atoms in total. The predicted octanol–water partition coefficient (Wildman–Crippen LogP) is 1.34. The van der Waals surface area contributed by atoms with Gasteiger partial charge in [-0.3, -0.25) is 9.78 Å². The van der Waals surface area contributed by atoms with E-state index >= 15 is 0 Å². The number of halogens is 3. The summed E-state index contributed by atoms with van der Waals surface area (Å²) in [5.41, 5.74) is -1.12. The summed E-state index contributed by atoms with van der Waals surface area (Å²) in [6.07, 6.45) is 2.09. The van der Waals surface area contributed by atoms with Crippen LogP contribution in [0.15, 0.2) is 28.0 Å². The van der Waals surface area contributed by atoms with E-state index in [1.165, 1.54) is 0 Å². The van der Waals surface area contributed by atoms with Crippen molar-refractivity contribution in [2.24, 2.45) is 0 Å². The number of aromatic nitrogens is 3. The van der Waals surface area contributed by atoms with Crippen LogP contribution in [0.25, 0.3) is 11.1 Å². The second-order valence-electron chi connectivity index (χ2n) is 2.98. The monoisotopic (exact) mass is 277 g/mol. The standard InChI is InChI=1S/C9H5ClFN3O2.ClH/c10-7-5(1-4(11)2-12-7)6-3-13-9(16)14-8(6)15;/h1-3H,(H2,13,14,15,16);1H. The molecule has 2 rings (SSSR count). The highest BCUT2D eigenvalue weighted by Crippen LogP contribution is 2.22. The zero-order valence-corrected chi connectivity index (χ0v) is 9.73. The lowest BCUT2D eigenvalue weighted by atomic mass is 10.1. The van der Waals surface area contributed by atoms with Crippen LogP contribution in [-0.4, -0.2) is 15.0 Å². The topological polar surface area (TPSA) is 78.6 Å². The fraction of sp³-hybridized carbons (Fsp3) is 0. The predicted molar refractivity (Wildman–Crippen MR) is 63.1 cm³/mol. The van der Waals surface area contributed by atoms with Gasteiger partial charge in [-0.2, -0.15) is 0 Å². The molecule has 0 fully saturated rings. The number of H-pyrrole nitrogens is 2. The van der Waals surface area contributed by atoms with Crippen LogP contribution < -0.4 is 11.2 Å². The fourth-order valence-corrected chi connectivity index (χ4v) is 1.43. The molecule has 8 heteroatoms. The molecular weight excluding hydrogens is 272 g/mol. The molecule has 2 aromatic heterocycles. The summed E-state index contributed by atoms with van der Waals surface area (Å²) in [6.45, 7) is 0. The molecule has 2 aromatic rings. The molecule has 0 bridgehead atoms. The van der Waals surface area contributed by atoms with Crippen molar-refractivity contribution in [1.29, 1.82) is 0 Å². The van der Waals surface area contributed by atoms with Crippen molar-refractivity contribution in [2.75, 3.05) is 0 Å². The largest absolute Gasteiger partial charge is 0.325 e. The number of nitrogens with zero attached hydrogens (tertiary/aromatic N) is 1. The number of hydrogen-bond acceptors (Lipinski definition) is 3. The van der Waals surface area contributed by atoms with E-state index in [1.54, 1.807) is 0 Å². The van der Waals surface area contributed by atoms with Crippen molar-refractivity contribution in [3.05, 3.63) is 50.3 Å². The Hall–Kier alpha value is -1.66. The Morgan fingerprint density at radius 2 is 2.00 bits per heavy atom. The summed E-state index contributed by atoms with van der Waals surface area (Å²) in [5, 5.41) is -0.0149. The second-order valence-corrected chi connectivity index (χ2v) is 3.34. The van der Waals surface area contributed by atoms with E-state index in [4.69, 9.17) is 11.6 Å². The van der Waals surface area contributed by atoms with Crippen molar-refractivity contribution in [3.63, 3.8) is 0 Å². The van der Waals surface area contributed by atoms with Crippen molar-refractivity contribution in [2.45, 2.75) is 0 Å². The zero-order valence-electron chi connectivity index (χ0n) is 8.16. The summed E-state index contributed by atoms with van der Waals surface area (Å²) < 4.78 is 12.9. The van der Waals surface area contributed by atoms with Gasteiger partial charge in [-0.15, -0.1) is 12.4 Å². The van der Waals surface area contributed by atoms with Crippen LogP contribution in [0.2, 0.25) is 5.15 Å². The van der Waals surface area contributed by atoms with Gasteiger partial charge >= 0.3 is 5.69 Å². The van der Waals surface area contributed by atoms with Gasteiger partial charge in [0.05, 0.1) is 11.8 Å². The highest BCUT2D eigenvalue weighted by Gasteiger charge is 2.10. The van der Waals surface area contributed by atoms with E-state index in [-0.39, 0.29) is 28.7 Å². The summed E-state index contributed by atoms with van der Waals surface area (Å²) in [4.78, 5) is 30.0. The van der Waals surface area contributed by atoms with Gasteiger partial charge in [-0.25, -0.2) is 14.2 Å². The highest BCUT2D eigenvalue weighted by molar-refractivity contribution is 6.32. The minimum atomic E-state index is -0.655. The van der Waals surface area contributed by atoms with Crippen LogP contribution in [0.3, 0.4) is 0 Å². The van der Waals surface area contributed by atoms with Crippen molar-refractivity contribution in [3.8, 4) is 11.1 Å². The van der Waals surface area contributed by atoms with Crippen LogP contribution in [0, 0.1) is 5.82 Å². The molecule has 0 saturated heterocycles. The second kappa shape index (κ2) is 5.11. The maximum atomic E-state index is 12.9. The van der Waals surface area contributed by atoms with E-state index in [0.29, 0.717) is 0 Å². The SMILES string of the molecule is Cl.O=c1[nH]cc(-c2cc(F)cnc2Cl)c(=O)[nH]1. The molecule has 2 heterocycles. The van der Waals surface area contributed by atoms with Gasteiger partial charge in [0.15, 0.2) is 0 Å². The van der Waals surface area contributed by atoms with Gasteiger partial charge in [-0.1, -0.05) is 11.6 Å². The molecule has 17 heavy (non-hydrogen) atoms. The third kappa shape index (κ3) is 2.72. The quantitative estimate of drug-likeness (QED) is 0.772. The number of nitrogens with one attached hydrogen (secondary N) is 2. The first-order valence-electron chi connectivity index (χ1n) is 4.21. The van der Waals surface area contributed by atoms with Crippen LogP contribution in [0.4, 0.5) is 4.39 Å². The van der Waals surface area contributed by atoms with E-state index in [1.807, 2.05) is 4.98 Å². The molecule has 0 aliphatic rings. The highest BCUT2D eigenvalue weighted by atomic mass is 35.5. The number of pyridine rings is 1. The van der Waals surface area contributed by atoms with Crippen molar-refractivity contribution in [1.82, 2.24) is 15.0 Å². The number of rotatable bonds is 1. The molecule has 0 saturated carbocycles. The molecule has 0 radical (unpaired) electrons. The molecule has 0 atom stereocenters. The minimum absolute atomic E-state index is 0. The van der Waals surface area contributed by atoms with E-state index in [2.05, 4.69) is 9.97 Å². The average molecular weight is 278 g/mol. The first kappa shape index (κ1) is 13.4. The van der Waals surface area contributed by atoms with Gasteiger partial charge < -0.3 is 4.98 Å². The van der Waals surface area contributed by atoms with Crippen molar-refractivity contribution >= 4 is 24.0 Å². The first-order chi connectivity index (χ1) is 7.58. The molecule has 0 unspecified atom stereocenters.